The Balaban J connectivity index is -0.0000000333. The van der Waals surface area contributed by atoms with Crippen LogP contribution in [-0.2, 0) is 0 Å². The van der Waals surface area contributed by atoms with Gasteiger partial charge in [-0.3, -0.25) is 0 Å². The van der Waals surface area contributed by atoms with E-state index in [9.17, 15) is 0 Å². The van der Waals surface area contributed by atoms with Gasteiger partial charge in [0.2, 0.25) is 0 Å². The Hall–Kier alpha value is -0.0151. The molecule has 0 aromatic heterocycles. The summed E-state index contributed by atoms with van der Waals surface area (Å²) in [5.74, 6) is 0. The van der Waals surface area contributed by atoms with Crippen LogP contribution < -0.4 is 0 Å². The van der Waals surface area contributed by atoms with Crippen molar-refractivity contribution >= 4 is 7.28 Å². The van der Waals surface area contributed by atoms with E-state index in [0.29, 0.717) is 0 Å². The van der Waals surface area contributed by atoms with Gasteiger partial charge in [0, 0.05) is 0 Å². The summed E-state index contributed by atoms with van der Waals surface area (Å²) in [7, 11) is 6.60. The molecule has 1 radical (unpaired) electrons. The topological polar surface area (TPSA) is 6.48 Å². The predicted molar refractivity (Wildman–Crippen MR) is 92.5 cm³/mol. The van der Waals surface area contributed by atoms with Gasteiger partial charge in [-0.05, 0) is 40.1 Å². The average molecular weight is 251 g/mol. The Bertz CT molecular complexity index is 80.3. The minimum Gasteiger partial charge on any atom is -0.315 e. The van der Waals surface area contributed by atoms with Crippen LogP contribution in [0.4, 0.5) is 0 Å². The molecule has 0 aromatic rings. The van der Waals surface area contributed by atoms with Crippen LogP contribution in [0.3, 0.4) is 0 Å². The highest BCUT2D eigenvalue weighted by Crippen LogP contribution is 1.81. The summed E-state index contributed by atoms with van der Waals surface area (Å²) < 4.78 is 0. The summed E-state index contributed by atoms with van der Waals surface area (Å²) in [5.41, 5.74) is 0. The van der Waals surface area contributed by atoms with E-state index in [-0.39, 0.29) is 44.6 Å². The normalized spacial score (nSPS) is 7.18. The molecule has 2 nitrogen and oxygen atoms in total. The largest absolute Gasteiger partial charge is 0.315 e. The maximum atomic E-state index is 2.31. The van der Waals surface area contributed by atoms with Crippen molar-refractivity contribution in [1.29, 1.82) is 0 Å². The minimum atomic E-state index is 0. The highest BCUT2D eigenvalue weighted by molar-refractivity contribution is 6.35. The molecule has 0 amide bonds. The van der Waals surface area contributed by atoms with E-state index in [2.05, 4.69) is 45.0 Å². The first-order valence-electron chi connectivity index (χ1n) is 4.39. The van der Waals surface area contributed by atoms with Gasteiger partial charge in [-0.2, -0.15) is 0 Å². The molecule has 17 heavy (non-hydrogen) atoms. The summed E-state index contributed by atoms with van der Waals surface area (Å²) in [5, 5.41) is 0. The Kier molecular flexibility index (Phi) is 76.2. The molecule has 0 rings (SSSR count). The van der Waals surface area contributed by atoms with Crippen LogP contribution in [0.5, 0.6) is 0 Å². The molecule has 0 fully saturated rings. The van der Waals surface area contributed by atoms with Gasteiger partial charge in [-0.25, -0.2) is 0 Å². The van der Waals surface area contributed by atoms with E-state index in [4.69, 9.17) is 0 Å². The highest BCUT2D eigenvalue weighted by atomic mass is 15.1. The molecule has 0 atom stereocenters. The van der Waals surface area contributed by atoms with Crippen LogP contribution in [0, 0.1) is 0 Å². The van der Waals surface area contributed by atoms with E-state index in [1.54, 1.807) is 0 Å². The third-order valence-corrected chi connectivity index (χ3v) is 1.96. The molecule has 0 heterocycles. The van der Waals surface area contributed by atoms with Crippen molar-refractivity contribution in [2.45, 2.75) is 58.4 Å². The first-order valence-corrected chi connectivity index (χ1v) is 4.39. The van der Waals surface area contributed by atoms with Gasteiger partial charge in [-0.1, -0.05) is 58.4 Å². The van der Waals surface area contributed by atoms with Crippen molar-refractivity contribution in [3.63, 3.8) is 0 Å². The van der Waals surface area contributed by atoms with Crippen molar-refractivity contribution in [3.8, 4) is 0 Å². The summed E-state index contributed by atoms with van der Waals surface area (Å²) >= 11 is 0. The van der Waals surface area contributed by atoms with Gasteiger partial charge >= 0.3 is 0 Å². The molecular weight excluding hydrogens is 207 g/mol. The van der Waals surface area contributed by atoms with Crippen molar-refractivity contribution in [3.05, 3.63) is 0 Å². The molecule has 3 heteroatoms. The Morgan fingerprint density at radius 3 is 1.06 bits per heavy atom. The van der Waals surface area contributed by atoms with Crippen molar-refractivity contribution < 1.29 is 0 Å². The molecule has 0 unspecified atom stereocenters. The van der Waals surface area contributed by atoms with Gasteiger partial charge in [0.1, 0.15) is 7.28 Å². The van der Waals surface area contributed by atoms with E-state index < -0.39 is 0 Å². The molecule has 0 aliphatic carbocycles. The lowest BCUT2D eigenvalue weighted by Gasteiger charge is -2.16. The Labute approximate surface area is 116 Å². The molecule has 0 N–H and O–H groups in total. The zero-order valence-corrected chi connectivity index (χ0v) is 8.30. The highest BCUT2D eigenvalue weighted by Gasteiger charge is 1.98. The van der Waals surface area contributed by atoms with Gasteiger partial charge in [0.05, 0.1) is 0 Å². The van der Waals surface area contributed by atoms with Gasteiger partial charge in [-0.15, -0.1) is 0 Å². The fourth-order valence-electron chi connectivity index (χ4n) is 0.757. The van der Waals surface area contributed by atoms with Crippen molar-refractivity contribution in [2.75, 3.05) is 40.1 Å². The van der Waals surface area contributed by atoms with Crippen LogP contribution >= 0.6 is 0 Å². The van der Waals surface area contributed by atoms with E-state index in [1.807, 2.05) is 0 Å². The first kappa shape index (κ1) is 43.5. The molecule has 0 bridgehead atoms. The maximum absolute atomic E-state index is 2.31. The van der Waals surface area contributed by atoms with Crippen molar-refractivity contribution in [1.82, 2.24) is 9.80 Å². The standard InChI is InChI=1S/C8H20BN2.6CH4/c1-5-10(3)7-9-8-11(4)6-2;;;;;;/h5-8H2,1-4H3;6*1H4. The van der Waals surface area contributed by atoms with E-state index in [1.165, 1.54) is 0 Å². The summed E-state index contributed by atoms with van der Waals surface area (Å²) in [6.45, 7) is 6.62. The maximum Gasteiger partial charge on any atom is 0.147 e. The lowest BCUT2D eigenvalue weighted by atomic mass is 9.77. The van der Waals surface area contributed by atoms with Gasteiger partial charge < -0.3 is 9.80 Å². The quantitative estimate of drug-likeness (QED) is 0.648. The predicted octanol–water partition coefficient (Wildman–Crippen LogP) is 4.33. The van der Waals surface area contributed by atoms with Crippen LogP contribution in [0.15, 0.2) is 0 Å². The second-order valence-corrected chi connectivity index (χ2v) is 3.00. The summed E-state index contributed by atoms with van der Waals surface area (Å²) in [4.78, 5) is 4.59. The summed E-state index contributed by atoms with van der Waals surface area (Å²) in [6.07, 6.45) is 2.20. The summed E-state index contributed by atoms with van der Waals surface area (Å²) in [6, 6.07) is 0. The zero-order valence-electron chi connectivity index (χ0n) is 8.30. The SMILES string of the molecule is C.C.C.C.C.C.CCN(C)C[B]CN(C)CC. The van der Waals surface area contributed by atoms with Gasteiger partial charge in [0.15, 0.2) is 0 Å². The van der Waals surface area contributed by atoms with Crippen LogP contribution in [-0.4, -0.2) is 57.2 Å². The molecule has 0 aliphatic rings. The lowest BCUT2D eigenvalue weighted by molar-refractivity contribution is 0.388. The molecule has 0 saturated heterocycles. The molecule has 113 valence electrons. The second kappa shape index (κ2) is 29.7. The number of nitrogens with zero attached hydrogens (tertiary/aromatic N) is 2. The average Bonchev–Trinajstić information content (AvgIpc) is 2.04. The molecular formula is C14H44BN2. The number of hydrogen-bond donors (Lipinski definition) is 0. The van der Waals surface area contributed by atoms with Crippen LogP contribution in [0.1, 0.15) is 58.4 Å². The minimum absolute atomic E-state index is 0. The van der Waals surface area contributed by atoms with E-state index >= 15 is 0 Å². The fraction of sp³-hybridized carbons (Fsp3) is 1.00. The first-order chi connectivity index (χ1) is 5.20. The zero-order chi connectivity index (χ0) is 8.69. The van der Waals surface area contributed by atoms with Crippen LogP contribution in [0.25, 0.3) is 0 Å². The molecule has 0 spiro atoms. The smallest absolute Gasteiger partial charge is 0.147 e. The third kappa shape index (κ3) is 31.4. The van der Waals surface area contributed by atoms with Crippen LogP contribution in [0.2, 0.25) is 0 Å². The lowest BCUT2D eigenvalue weighted by Crippen LogP contribution is -2.31. The van der Waals surface area contributed by atoms with Crippen molar-refractivity contribution in [2.24, 2.45) is 0 Å². The fourth-order valence-corrected chi connectivity index (χ4v) is 0.757. The second-order valence-electron chi connectivity index (χ2n) is 3.00. The van der Waals surface area contributed by atoms with Gasteiger partial charge in [0.25, 0.3) is 0 Å². The third-order valence-electron chi connectivity index (χ3n) is 1.96. The molecule has 0 saturated carbocycles. The Morgan fingerprint density at radius 2 is 0.882 bits per heavy atom. The molecule has 0 aromatic carbocycles. The monoisotopic (exact) mass is 251 g/mol. The number of hydrogen-bond acceptors (Lipinski definition) is 2. The molecule has 0 aliphatic heterocycles. The van der Waals surface area contributed by atoms with E-state index in [0.717, 1.165) is 26.0 Å². The Morgan fingerprint density at radius 1 is 0.647 bits per heavy atom. The number of rotatable bonds is 6.